The molecule has 1 aromatic heterocycles. The Morgan fingerprint density at radius 3 is 2.67 bits per heavy atom. The minimum Gasteiger partial charge on any atom is -0.461 e. The smallest absolute Gasteiger partial charge is 0.410 e. The first-order valence-corrected chi connectivity index (χ1v) is 15.4. The first-order chi connectivity index (χ1) is 20.0. The van der Waals surface area contributed by atoms with E-state index >= 15 is 4.39 Å². The summed E-state index contributed by atoms with van der Waals surface area (Å²) >= 11 is 3.27. The summed E-state index contributed by atoms with van der Waals surface area (Å²) in [7, 11) is 1.59. The number of halogens is 3. The van der Waals surface area contributed by atoms with Crippen molar-refractivity contribution in [2.45, 2.75) is 71.1 Å². The highest BCUT2D eigenvalue weighted by Gasteiger charge is 2.47. The van der Waals surface area contributed by atoms with Crippen molar-refractivity contribution in [3.63, 3.8) is 0 Å². The van der Waals surface area contributed by atoms with Gasteiger partial charge in [0.1, 0.15) is 23.5 Å². The number of carbonyl (C=O) groups is 1. The number of rotatable bonds is 6. The Hall–Kier alpha value is -2.57. The van der Waals surface area contributed by atoms with Crippen molar-refractivity contribution < 1.29 is 27.8 Å². The monoisotopic (exact) mass is 653 g/mol. The van der Waals surface area contributed by atoms with Crippen molar-refractivity contribution in [2.75, 3.05) is 57.9 Å². The van der Waals surface area contributed by atoms with Crippen LogP contribution in [0.5, 0.6) is 6.01 Å². The van der Waals surface area contributed by atoms with Gasteiger partial charge in [-0.05, 0) is 80.2 Å². The standard InChI is InChI=1S/C28H36BrF2N5O4.C2H6/c1-27(2,3)40-26(37)36-11-10-34(15-19(36)16-38-4)24-20-6-7-21(29)22(31)23(20)32-25(33-24)39-17-28-8-5-9-35(28)14-18(12-28)13-30;1-2/h6-7,13,19H,5,8-12,14-17H2,1-4H3;1-2H3/b18-13+;. The van der Waals surface area contributed by atoms with Crippen molar-refractivity contribution in [1.29, 1.82) is 0 Å². The van der Waals surface area contributed by atoms with E-state index in [-0.39, 0.29) is 34.2 Å². The summed E-state index contributed by atoms with van der Waals surface area (Å²) in [6, 6.07) is 3.17. The number of piperazine rings is 1. The highest BCUT2D eigenvalue weighted by atomic mass is 79.9. The Labute approximate surface area is 255 Å². The van der Waals surface area contributed by atoms with Crippen molar-refractivity contribution in [3.8, 4) is 6.01 Å². The van der Waals surface area contributed by atoms with Gasteiger partial charge in [-0.25, -0.2) is 13.6 Å². The Balaban J connectivity index is 0.00000198. The normalized spacial score (nSPS) is 23.6. The van der Waals surface area contributed by atoms with E-state index in [0.717, 1.165) is 25.0 Å². The van der Waals surface area contributed by atoms with Gasteiger partial charge in [-0.3, -0.25) is 9.80 Å². The van der Waals surface area contributed by atoms with E-state index in [9.17, 15) is 9.18 Å². The van der Waals surface area contributed by atoms with E-state index in [1.807, 2.05) is 39.5 Å². The lowest BCUT2D eigenvalue weighted by molar-refractivity contribution is 0.00338. The van der Waals surface area contributed by atoms with Crippen LogP contribution in [0.1, 0.15) is 53.9 Å². The molecule has 3 fully saturated rings. The number of carbonyl (C=O) groups excluding carboxylic acids is 1. The number of hydrogen-bond acceptors (Lipinski definition) is 8. The lowest BCUT2D eigenvalue weighted by Gasteiger charge is -2.42. The molecule has 2 unspecified atom stereocenters. The molecule has 0 spiro atoms. The highest BCUT2D eigenvalue weighted by molar-refractivity contribution is 9.10. The van der Waals surface area contributed by atoms with Crippen LogP contribution in [0.3, 0.4) is 0 Å². The third kappa shape index (κ3) is 6.81. The molecule has 3 aliphatic rings. The molecule has 0 N–H and O–H groups in total. The van der Waals surface area contributed by atoms with Crippen molar-refractivity contribution in [3.05, 3.63) is 34.3 Å². The zero-order valence-corrected chi connectivity index (χ0v) is 27.0. The number of methoxy groups -OCH3 is 1. The summed E-state index contributed by atoms with van der Waals surface area (Å²) in [5, 5.41) is 0.541. The third-order valence-corrected chi connectivity index (χ3v) is 8.42. The molecule has 12 heteroatoms. The molecular formula is C30H42BrF2N5O4. The molecule has 0 bridgehead atoms. The maximum Gasteiger partial charge on any atom is 0.410 e. The molecular weight excluding hydrogens is 612 g/mol. The molecule has 232 valence electrons. The second-order valence-corrected chi connectivity index (χ2v) is 12.7. The number of ether oxygens (including phenoxy) is 3. The molecule has 42 heavy (non-hydrogen) atoms. The molecule has 1 aromatic carbocycles. The maximum absolute atomic E-state index is 15.3. The van der Waals surface area contributed by atoms with Crippen LogP contribution in [0.2, 0.25) is 0 Å². The minimum atomic E-state index is -0.625. The number of anilines is 1. The number of hydrogen-bond donors (Lipinski definition) is 0. The van der Waals surface area contributed by atoms with Gasteiger partial charge in [0.25, 0.3) is 0 Å². The number of benzene rings is 1. The van der Waals surface area contributed by atoms with Gasteiger partial charge in [0.2, 0.25) is 0 Å². The van der Waals surface area contributed by atoms with E-state index in [1.165, 1.54) is 0 Å². The Morgan fingerprint density at radius 1 is 1.21 bits per heavy atom. The summed E-state index contributed by atoms with van der Waals surface area (Å²) in [6.07, 6.45) is 2.78. The van der Waals surface area contributed by atoms with Gasteiger partial charge in [0, 0.05) is 38.7 Å². The summed E-state index contributed by atoms with van der Waals surface area (Å²) in [5.41, 5.74) is -0.0379. The molecule has 2 atom stereocenters. The molecule has 3 aliphatic heterocycles. The Morgan fingerprint density at radius 2 is 1.98 bits per heavy atom. The molecule has 0 radical (unpaired) electrons. The molecule has 9 nitrogen and oxygen atoms in total. The largest absolute Gasteiger partial charge is 0.461 e. The zero-order valence-electron chi connectivity index (χ0n) is 25.4. The average Bonchev–Trinajstić information content (AvgIpc) is 3.51. The zero-order chi connectivity index (χ0) is 30.7. The molecule has 5 rings (SSSR count). The predicted molar refractivity (Wildman–Crippen MR) is 162 cm³/mol. The van der Waals surface area contributed by atoms with Crippen molar-refractivity contribution in [2.24, 2.45) is 0 Å². The molecule has 1 amide bonds. The molecule has 3 saturated heterocycles. The van der Waals surface area contributed by atoms with E-state index in [2.05, 4.69) is 25.8 Å². The number of amides is 1. The van der Waals surface area contributed by atoms with Crippen molar-refractivity contribution in [1.82, 2.24) is 19.8 Å². The van der Waals surface area contributed by atoms with Gasteiger partial charge in [-0.2, -0.15) is 9.97 Å². The summed E-state index contributed by atoms with van der Waals surface area (Å²) in [5.74, 6) is 0.0175. The van der Waals surface area contributed by atoms with Crippen LogP contribution in [0.15, 0.2) is 28.5 Å². The van der Waals surface area contributed by atoms with Gasteiger partial charge < -0.3 is 19.1 Å². The Kier molecular flexibility index (Phi) is 10.3. The molecule has 4 heterocycles. The van der Waals surface area contributed by atoms with Crippen LogP contribution < -0.4 is 9.64 Å². The first kappa shape index (κ1) is 32.3. The average molecular weight is 655 g/mol. The summed E-state index contributed by atoms with van der Waals surface area (Å²) in [6.45, 7) is 12.8. The molecule has 2 aromatic rings. The molecule has 0 saturated carbocycles. The van der Waals surface area contributed by atoms with E-state index < -0.39 is 17.5 Å². The highest BCUT2D eigenvalue weighted by Crippen LogP contribution is 2.42. The summed E-state index contributed by atoms with van der Waals surface area (Å²) in [4.78, 5) is 28.1. The van der Waals surface area contributed by atoms with Crippen LogP contribution in [0.25, 0.3) is 10.9 Å². The molecule has 0 aliphatic carbocycles. The van der Waals surface area contributed by atoms with Crippen LogP contribution in [-0.2, 0) is 9.47 Å². The van der Waals surface area contributed by atoms with Crippen LogP contribution in [0, 0.1) is 5.82 Å². The first-order valence-electron chi connectivity index (χ1n) is 14.6. The quantitative estimate of drug-likeness (QED) is 0.370. The van der Waals surface area contributed by atoms with Gasteiger partial charge in [0.05, 0.1) is 29.0 Å². The van der Waals surface area contributed by atoms with Gasteiger partial charge >= 0.3 is 12.1 Å². The minimum absolute atomic E-state index is 0.0660. The predicted octanol–water partition coefficient (Wildman–Crippen LogP) is 6.10. The second-order valence-electron chi connectivity index (χ2n) is 11.8. The fourth-order valence-corrected chi connectivity index (χ4v) is 6.32. The SMILES string of the molecule is CC.COCC1CN(c2nc(OCC34CCCN3C/C(=C/F)C4)nc3c(F)c(Br)ccc23)CCN1C(=O)OC(C)(C)C. The Bertz CT molecular complexity index is 1310. The number of aromatic nitrogens is 2. The lowest BCUT2D eigenvalue weighted by atomic mass is 9.94. The fourth-order valence-electron chi connectivity index (χ4n) is 6.00. The van der Waals surface area contributed by atoms with E-state index in [1.54, 1.807) is 24.1 Å². The van der Waals surface area contributed by atoms with E-state index in [0.29, 0.717) is 56.7 Å². The van der Waals surface area contributed by atoms with Crippen LogP contribution in [-0.4, -0.2) is 96.1 Å². The topological polar surface area (TPSA) is 80.3 Å². The van der Waals surface area contributed by atoms with Crippen LogP contribution >= 0.6 is 15.9 Å². The van der Waals surface area contributed by atoms with Gasteiger partial charge in [-0.15, -0.1) is 0 Å². The van der Waals surface area contributed by atoms with Crippen LogP contribution in [0.4, 0.5) is 19.4 Å². The maximum atomic E-state index is 15.3. The van der Waals surface area contributed by atoms with Gasteiger partial charge in [-0.1, -0.05) is 13.8 Å². The fraction of sp³-hybridized carbons (Fsp3) is 0.633. The van der Waals surface area contributed by atoms with E-state index in [4.69, 9.17) is 19.2 Å². The summed E-state index contributed by atoms with van der Waals surface area (Å²) < 4.78 is 46.2. The third-order valence-electron chi connectivity index (χ3n) is 7.80. The lowest BCUT2D eigenvalue weighted by Crippen LogP contribution is -2.58. The van der Waals surface area contributed by atoms with Gasteiger partial charge in [0.15, 0.2) is 5.82 Å². The number of nitrogens with zero attached hydrogens (tertiary/aromatic N) is 5. The second kappa shape index (κ2) is 13.4. The number of fused-ring (bicyclic) bond motifs is 2. The van der Waals surface area contributed by atoms with Crippen molar-refractivity contribution >= 4 is 38.7 Å².